The number of methoxy groups -OCH3 is 1. The number of benzene rings is 1. The fraction of sp³-hybridized carbons (Fsp3) is 0.400. The minimum absolute atomic E-state index is 0.658. The quantitative estimate of drug-likeness (QED) is 0.774. The molecular formula is C15H20O3S. The van der Waals surface area contributed by atoms with E-state index in [1.54, 1.807) is 13.2 Å². The normalized spacial score (nSPS) is 11.2. The lowest BCUT2D eigenvalue weighted by Crippen LogP contribution is -1.95. The maximum atomic E-state index is 10.5. The van der Waals surface area contributed by atoms with Crippen LogP contribution in [-0.2, 0) is 10.5 Å². The Labute approximate surface area is 118 Å². The van der Waals surface area contributed by atoms with Crippen molar-refractivity contribution in [2.24, 2.45) is 5.92 Å². The summed E-state index contributed by atoms with van der Waals surface area (Å²) in [4.78, 5) is 10.5. The Morgan fingerprint density at radius 3 is 2.79 bits per heavy atom. The van der Waals surface area contributed by atoms with Crippen LogP contribution in [0.5, 0.6) is 5.75 Å². The molecule has 1 aromatic carbocycles. The topological polar surface area (TPSA) is 46.5 Å². The summed E-state index contributed by atoms with van der Waals surface area (Å²) in [7, 11) is 1.65. The largest absolute Gasteiger partial charge is 0.496 e. The Bertz CT molecular complexity index is 453. The molecule has 0 aliphatic carbocycles. The van der Waals surface area contributed by atoms with Crippen LogP contribution in [0.3, 0.4) is 0 Å². The van der Waals surface area contributed by atoms with Gasteiger partial charge in [-0.05, 0) is 35.4 Å². The first-order valence-electron chi connectivity index (χ1n) is 6.18. The molecule has 0 saturated heterocycles. The van der Waals surface area contributed by atoms with E-state index in [0.717, 1.165) is 34.5 Å². The Hall–Kier alpha value is -1.42. The number of carboxylic acid groups (broad SMARTS) is 1. The number of carboxylic acids is 1. The molecule has 0 aromatic heterocycles. The van der Waals surface area contributed by atoms with E-state index in [-0.39, 0.29) is 0 Å². The second-order valence-corrected chi connectivity index (χ2v) is 5.68. The fourth-order valence-corrected chi connectivity index (χ4v) is 2.62. The second kappa shape index (κ2) is 7.89. The molecule has 1 rings (SSSR count). The van der Waals surface area contributed by atoms with E-state index in [4.69, 9.17) is 9.84 Å². The lowest BCUT2D eigenvalue weighted by Gasteiger charge is -2.10. The van der Waals surface area contributed by atoms with Crippen molar-refractivity contribution < 1.29 is 14.6 Å². The molecule has 0 saturated carbocycles. The number of carbonyl (C=O) groups is 1. The zero-order valence-corrected chi connectivity index (χ0v) is 12.4. The zero-order chi connectivity index (χ0) is 14.3. The summed E-state index contributed by atoms with van der Waals surface area (Å²) in [6, 6.07) is 5.72. The minimum atomic E-state index is -0.938. The smallest absolute Gasteiger partial charge is 0.328 e. The molecule has 0 spiro atoms. The number of rotatable bonds is 7. The fourth-order valence-electron chi connectivity index (χ4n) is 1.59. The van der Waals surface area contributed by atoms with Gasteiger partial charge in [0.2, 0.25) is 0 Å². The van der Waals surface area contributed by atoms with Crippen LogP contribution in [0.2, 0.25) is 0 Å². The summed E-state index contributed by atoms with van der Waals surface area (Å²) in [6.07, 6.45) is 2.74. The van der Waals surface area contributed by atoms with Crippen molar-refractivity contribution in [2.45, 2.75) is 19.6 Å². The summed E-state index contributed by atoms with van der Waals surface area (Å²) in [5.41, 5.74) is 1.98. The van der Waals surface area contributed by atoms with Crippen LogP contribution in [-0.4, -0.2) is 23.9 Å². The SMILES string of the molecule is COc1ccc(C=CC(=O)O)cc1CSCC(C)C. The first-order valence-corrected chi connectivity index (χ1v) is 7.34. The molecule has 0 fully saturated rings. The van der Waals surface area contributed by atoms with E-state index >= 15 is 0 Å². The van der Waals surface area contributed by atoms with E-state index in [1.807, 2.05) is 30.0 Å². The third kappa shape index (κ3) is 5.83. The number of thioether (sulfide) groups is 1. The van der Waals surface area contributed by atoms with Crippen LogP contribution < -0.4 is 4.74 Å². The first kappa shape index (κ1) is 15.6. The molecule has 3 nitrogen and oxygen atoms in total. The third-order valence-electron chi connectivity index (χ3n) is 2.43. The number of aliphatic carboxylic acids is 1. The molecule has 1 N–H and O–H groups in total. The molecule has 0 unspecified atom stereocenters. The number of ether oxygens (including phenoxy) is 1. The lowest BCUT2D eigenvalue weighted by molar-refractivity contribution is -0.131. The minimum Gasteiger partial charge on any atom is -0.496 e. The highest BCUT2D eigenvalue weighted by Gasteiger charge is 2.05. The molecule has 0 bridgehead atoms. The highest BCUT2D eigenvalue weighted by Crippen LogP contribution is 2.26. The molecule has 19 heavy (non-hydrogen) atoms. The highest BCUT2D eigenvalue weighted by atomic mass is 32.2. The predicted octanol–water partition coefficient (Wildman–Crippen LogP) is 3.68. The van der Waals surface area contributed by atoms with Gasteiger partial charge < -0.3 is 9.84 Å². The molecule has 0 heterocycles. The molecule has 104 valence electrons. The molecule has 0 aliphatic heterocycles. The molecule has 4 heteroatoms. The maximum absolute atomic E-state index is 10.5. The molecule has 0 atom stereocenters. The van der Waals surface area contributed by atoms with Crippen molar-refractivity contribution in [3.05, 3.63) is 35.4 Å². The Balaban J connectivity index is 2.80. The average Bonchev–Trinajstić information content (AvgIpc) is 2.36. The van der Waals surface area contributed by atoms with Crippen LogP contribution in [0.4, 0.5) is 0 Å². The monoisotopic (exact) mass is 280 g/mol. The van der Waals surface area contributed by atoms with Gasteiger partial charge in [0.05, 0.1) is 7.11 Å². The van der Waals surface area contributed by atoms with Crippen molar-refractivity contribution in [3.63, 3.8) is 0 Å². The molecule has 1 aromatic rings. The van der Waals surface area contributed by atoms with Crippen LogP contribution >= 0.6 is 11.8 Å². The van der Waals surface area contributed by atoms with Gasteiger partial charge in [0.1, 0.15) is 5.75 Å². The van der Waals surface area contributed by atoms with Gasteiger partial charge in [-0.2, -0.15) is 11.8 Å². The second-order valence-electron chi connectivity index (χ2n) is 4.65. The number of hydrogen-bond acceptors (Lipinski definition) is 3. The van der Waals surface area contributed by atoms with Gasteiger partial charge in [-0.3, -0.25) is 0 Å². The van der Waals surface area contributed by atoms with Gasteiger partial charge in [-0.25, -0.2) is 4.79 Å². The number of hydrogen-bond donors (Lipinski definition) is 1. The summed E-state index contributed by atoms with van der Waals surface area (Å²) in [6.45, 7) is 4.38. The van der Waals surface area contributed by atoms with E-state index in [9.17, 15) is 4.79 Å². The standard InChI is InChI=1S/C15H20O3S/c1-11(2)9-19-10-13-8-12(5-7-15(16)17)4-6-14(13)18-3/h4-8,11H,9-10H2,1-3H3,(H,16,17). The molecular weight excluding hydrogens is 260 g/mol. The predicted molar refractivity (Wildman–Crippen MR) is 80.7 cm³/mol. The van der Waals surface area contributed by atoms with E-state index < -0.39 is 5.97 Å². The van der Waals surface area contributed by atoms with Gasteiger partial charge in [0.25, 0.3) is 0 Å². The molecule has 0 aliphatic rings. The van der Waals surface area contributed by atoms with Crippen LogP contribution in [0.25, 0.3) is 6.08 Å². The summed E-state index contributed by atoms with van der Waals surface area (Å²) in [5.74, 6) is 2.54. The molecule has 0 amide bonds. The summed E-state index contributed by atoms with van der Waals surface area (Å²) in [5, 5.41) is 8.63. The van der Waals surface area contributed by atoms with E-state index in [1.165, 1.54) is 0 Å². The van der Waals surface area contributed by atoms with Gasteiger partial charge >= 0.3 is 5.97 Å². The average molecular weight is 280 g/mol. The maximum Gasteiger partial charge on any atom is 0.328 e. The lowest BCUT2D eigenvalue weighted by atomic mass is 10.1. The van der Waals surface area contributed by atoms with Crippen molar-refractivity contribution in [1.82, 2.24) is 0 Å². The van der Waals surface area contributed by atoms with Crippen LogP contribution in [0.1, 0.15) is 25.0 Å². The summed E-state index contributed by atoms with van der Waals surface area (Å²) >= 11 is 1.86. The molecule has 0 radical (unpaired) electrons. The summed E-state index contributed by atoms with van der Waals surface area (Å²) < 4.78 is 5.33. The Morgan fingerprint density at radius 2 is 2.21 bits per heavy atom. The van der Waals surface area contributed by atoms with Gasteiger partial charge in [0.15, 0.2) is 0 Å². The van der Waals surface area contributed by atoms with Gasteiger partial charge in [0, 0.05) is 17.4 Å². The van der Waals surface area contributed by atoms with Crippen molar-refractivity contribution in [1.29, 1.82) is 0 Å². The van der Waals surface area contributed by atoms with Crippen LogP contribution in [0.15, 0.2) is 24.3 Å². The van der Waals surface area contributed by atoms with E-state index in [0.29, 0.717) is 5.92 Å². The van der Waals surface area contributed by atoms with Crippen molar-refractivity contribution >= 4 is 23.8 Å². The van der Waals surface area contributed by atoms with Gasteiger partial charge in [-0.1, -0.05) is 19.9 Å². The first-order chi connectivity index (χ1) is 9.02. The van der Waals surface area contributed by atoms with E-state index in [2.05, 4.69) is 13.8 Å². The highest BCUT2D eigenvalue weighted by molar-refractivity contribution is 7.98. The van der Waals surface area contributed by atoms with Crippen LogP contribution in [0, 0.1) is 5.92 Å². The van der Waals surface area contributed by atoms with Crippen molar-refractivity contribution in [3.8, 4) is 5.75 Å². The zero-order valence-electron chi connectivity index (χ0n) is 11.6. The van der Waals surface area contributed by atoms with Crippen molar-refractivity contribution in [2.75, 3.05) is 12.9 Å². The Morgan fingerprint density at radius 1 is 1.47 bits per heavy atom. The third-order valence-corrected chi connectivity index (χ3v) is 3.85. The Kier molecular flexibility index (Phi) is 6.50. The van der Waals surface area contributed by atoms with Gasteiger partial charge in [-0.15, -0.1) is 0 Å².